The topological polar surface area (TPSA) is 86.7 Å². The molecule has 7 heteroatoms. The Morgan fingerprint density at radius 3 is 2.27 bits per heavy atom. The molecule has 0 heterocycles. The molecule has 0 radical (unpaired) electrons. The van der Waals surface area contributed by atoms with E-state index in [-0.39, 0.29) is 35.3 Å². The van der Waals surface area contributed by atoms with Crippen molar-refractivity contribution >= 4 is 10.1 Å². The van der Waals surface area contributed by atoms with Crippen LogP contribution < -0.4 is 39.4 Å². The van der Waals surface area contributed by atoms with E-state index in [4.69, 9.17) is 4.74 Å². The van der Waals surface area contributed by atoms with Gasteiger partial charge in [0.25, 0.3) is 10.1 Å². The zero-order chi connectivity index (χ0) is 18.3. The number of ether oxygens (including phenoxy) is 1. The van der Waals surface area contributed by atoms with Gasteiger partial charge in [-0.1, -0.05) is 56.9 Å². The molecular formula is C19H23NaO5S. The first kappa shape index (κ1) is 23.0. The van der Waals surface area contributed by atoms with Gasteiger partial charge in [-0.3, -0.25) is 4.55 Å². The summed E-state index contributed by atoms with van der Waals surface area (Å²) in [5.74, 6) is -0.395. The van der Waals surface area contributed by atoms with Crippen molar-refractivity contribution in [2.24, 2.45) is 0 Å². The number of hydrogen-bond acceptors (Lipinski definition) is 4. The monoisotopic (exact) mass is 386 g/mol. The summed E-state index contributed by atoms with van der Waals surface area (Å²) >= 11 is 0. The summed E-state index contributed by atoms with van der Waals surface area (Å²) in [4.78, 5) is -0.659. The van der Waals surface area contributed by atoms with Crippen molar-refractivity contribution in [2.75, 3.05) is 0 Å². The molecule has 136 valence electrons. The maximum Gasteiger partial charge on any atom is 1.00 e. The molecule has 0 unspecified atom stereocenters. The van der Waals surface area contributed by atoms with Crippen LogP contribution in [0.3, 0.4) is 0 Å². The van der Waals surface area contributed by atoms with Crippen LogP contribution in [-0.2, 0) is 16.5 Å². The normalized spacial score (nSPS) is 11.0. The Kier molecular flexibility index (Phi) is 9.68. The average Bonchev–Trinajstić information content (AvgIpc) is 2.57. The maximum absolute atomic E-state index is 12.5. The third-order valence-corrected chi connectivity index (χ3v) is 4.83. The second kappa shape index (κ2) is 10.9. The van der Waals surface area contributed by atoms with E-state index in [1.807, 2.05) is 6.07 Å². The molecule has 5 nitrogen and oxygen atoms in total. The van der Waals surface area contributed by atoms with Gasteiger partial charge in [-0.2, -0.15) is 8.42 Å². The van der Waals surface area contributed by atoms with Crippen LogP contribution in [-0.4, -0.2) is 13.0 Å². The zero-order valence-corrected chi connectivity index (χ0v) is 18.1. The smallest absolute Gasteiger partial charge is 0.869 e. The van der Waals surface area contributed by atoms with Crippen molar-refractivity contribution < 1.29 is 52.4 Å². The Hall–Kier alpha value is -1.05. The molecule has 0 aromatic heterocycles. The van der Waals surface area contributed by atoms with Crippen LogP contribution in [0, 0.1) is 0 Å². The molecule has 0 bridgehead atoms. The van der Waals surface area contributed by atoms with Crippen LogP contribution in [0.25, 0.3) is 0 Å². The predicted octanol–water partition coefficient (Wildman–Crippen LogP) is 1.32. The molecule has 0 amide bonds. The van der Waals surface area contributed by atoms with Crippen LogP contribution >= 0.6 is 0 Å². The van der Waals surface area contributed by atoms with Crippen molar-refractivity contribution in [1.29, 1.82) is 0 Å². The summed E-state index contributed by atoms with van der Waals surface area (Å²) in [6.07, 6.45) is 5.98. The fourth-order valence-corrected chi connectivity index (χ4v) is 3.19. The van der Waals surface area contributed by atoms with Gasteiger partial charge in [-0.05, 0) is 42.4 Å². The van der Waals surface area contributed by atoms with Gasteiger partial charge in [0.1, 0.15) is 11.5 Å². The van der Waals surface area contributed by atoms with Gasteiger partial charge in [0.2, 0.25) is 0 Å². The van der Waals surface area contributed by atoms with Crippen LogP contribution in [0.4, 0.5) is 0 Å². The average molecular weight is 386 g/mol. The predicted molar refractivity (Wildman–Crippen MR) is 94.7 cm³/mol. The number of aryl methyl sites for hydroxylation is 1. The van der Waals surface area contributed by atoms with E-state index in [0.717, 1.165) is 31.7 Å². The molecule has 1 N–H and O–H groups in total. The largest absolute Gasteiger partial charge is 1.00 e. The number of unbranched alkanes of at least 4 members (excludes halogenated alkanes) is 4. The molecular weight excluding hydrogens is 363 g/mol. The van der Waals surface area contributed by atoms with Crippen LogP contribution in [0.15, 0.2) is 47.4 Å². The Morgan fingerprint density at radius 2 is 1.65 bits per heavy atom. The summed E-state index contributed by atoms with van der Waals surface area (Å²) in [5.41, 5.74) is 0.651. The third kappa shape index (κ3) is 6.59. The maximum atomic E-state index is 12.5. The Bertz CT molecular complexity index is 791. The van der Waals surface area contributed by atoms with Gasteiger partial charge in [0, 0.05) is 0 Å². The minimum atomic E-state index is -4.59. The molecule has 26 heavy (non-hydrogen) atoms. The van der Waals surface area contributed by atoms with Crippen molar-refractivity contribution in [3.63, 3.8) is 0 Å². The molecule has 2 rings (SSSR count). The zero-order valence-electron chi connectivity index (χ0n) is 15.3. The second-order valence-corrected chi connectivity index (χ2v) is 7.33. The summed E-state index contributed by atoms with van der Waals surface area (Å²) in [7, 11) is -4.59. The fraction of sp³-hybridized carbons (Fsp3) is 0.368. The first-order valence-corrected chi connectivity index (χ1v) is 9.90. The first-order valence-electron chi connectivity index (χ1n) is 8.46. The van der Waals surface area contributed by atoms with Crippen LogP contribution in [0.5, 0.6) is 17.2 Å². The molecule has 0 aliphatic carbocycles. The molecule has 0 spiro atoms. The third-order valence-electron chi connectivity index (χ3n) is 3.95. The fourth-order valence-electron chi connectivity index (χ4n) is 2.62. The Balaban J connectivity index is 0.00000338. The van der Waals surface area contributed by atoms with E-state index in [0.29, 0.717) is 17.7 Å². The molecule has 0 saturated carbocycles. The molecule has 2 aromatic rings. The minimum absolute atomic E-state index is 0. The number of hydrogen-bond donors (Lipinski definition) is 1. The molecule has 0 saturated heterocycles. The quantitative estimate of drug-likeness (QED) is 0.399. The first-order chi connectivity index (χ1) is 11.9. The molecule has 0 atom stereocenters. The second-order valence-electron chi connectivity index (χ2n) is 5.94. The van der Waals surface area contributed by atoms with Gasteiger partial charge in [0.05, 0.1) is 4.90 Å². The Morgan fingerprint density at radius 1 is 1.00 bits per heavy atom. The number of benzene rings is 2. The summed E-state index contributed by atoms with van der Waals surface area (Å²) in [6.45, 7) is 2.14. The van der Waals surface area contributed by atoms with E-state index in [2.05, 4.69) is 6.92 Å². The van der Waals surface area contributed by atoms with Crippen molar-refractivity contribution in [2.45, 2.75) is 50.3 Å². The van der Waals surface area contributed by atoms with E-state index < -0.39 is 20.8 Å². The van der Waals surface area contributed by atoms with Crippen LogP contribution in [0.2, 0.25) is 0 Å². The van der Waals surface area contributed by atoms with Crippen molar-refractivity contribution in [1.82, 2.24) is 0 Å². The van der Waals surface area contributed by atoms with Crippen LogP contribution in [0.1, 0.15) is 44.6 Å². The van der Waals surface area contributed by atoms with E-state index in [1.54, 1.807) is 30.3 Å². The van der Waals surface area contributed by atoms with Gasteiger partial charge in [-0.25, -0.2) is 0 Å². The van der Waals surface area contributed by atoms with Crippen molar-refractivity contribution in [3.8, 4) is 17.2 Å². The van der Waals surface area contributed by atoms with Crippen molar-refractivity contribution in [3.05, 3.63) is 48.0 Å². The summed E-state index contributed by atoms with van der Waals surface area (Å²) in [5, 5.41) is 12.5. The molecule has 0 fully saturated rings. The van der Waals surface area contributed by atoms with Gasteiger partial charge < -0.3 is 9.84 Å². The van der Waals surface area contributed by atoms with Gasteiger partial charge in [-0.15, -0.1) is 0 Å². The van der Waals surface area contributed by atoms with Gasteiger partial charge >= 0.3 is 29.6 Å². The molecule has 0 aliphatic heterocycles. The minimum Gasteiger partial charge on any atom is -0.869 e. The Labute approximate surface area is 177 Å². The van der Waals surface area contributed by atoms with E-state index >= 15 is 0 Å². The van der Waals surface area contributed by atoms with Gasteiger partial charge in [0.15, 0.2) is 0 Å². The summed E-state index contributed by atoms with van der Waals surface area (Å²) < 4.78 is 37.7. The number of rotatable bonds is 9. The molecule has 0 aliphatic rings. The SMILES string of the molecule is CCCCCCCc1ccc(S(=O)(=O)O)c([O-])c1Oc1ccccc1.[Na+]. The summed E-state index contributed by atoms with van der Waals surface area (Å²) in [6, 6.07) is 11.4. The van der Waals surface area contributed by atoms with E-state index in [1.165, 1.54) is 6.42 Å². The molecule has 2 aromatic carbocycles. The standard InChI is InChI=1S/C19H24O5S.Na/c1-2-3-4-5-7-10-15-13-14-17(25(21,22)23)18(20)19(15)24-16-11-8-6-9-12-16;/h6,8-9,11-14,20H,2-5,7,10H2,1H3,(H,21,22,23);/q;+1/p-1. The number of para-hydroxylation sites is 1. The van der Waals surface area contributed by atoms with E-state index in [9.17, 15) is 18.1 Å².